The molecule has 6 nitrogen and oxygen atoms in total. The van der Waals surface area contributed by atoms with Crippen LogP contribution in [-0.4, -0.2) is 36.0 Å². The number of nitrogens with zero attached hydrogens (tertiary/aromatic N) is 2. The highest BCUT2D eigenvalue weighted by Crippen LogP contribution is 2.25. The minimum Gasteiger partial charge on any atom is -0.392 e. The van der Waals surface area contributed by atoms with Crippen LogP contribution in [0.1, 0.15) is 27.7 Å². The first-order valence-corrected chi connectivity index (χ1v) is 7.71. The van der Waals surface area contributed by atoms with E-state index < -0.39 is 21.5 Å². The van der Waals surface area contributed by atoms with Gasteiger partial charge in [0.05, 0.1) is 12.3 Å². The van der Waals surface area contributed by atoms with Crippen molar-refractivity contribution in [1.82, 2.24) is 14.5 Å². The molecule has 7 heteroatoms. The normalized spacial score (nSPS) is 14.9. The minimum atomic E-state index is -3.58. The molecule has 0 aliphatic heterocycles. The molecule has 1 aromatic heterocycles. The van der Waals surface area contributed by atoms with Gasteiger partial charge in [0.15, 0.2) is 0 Å². The predicted molar refractivity (Wildman–Crippen MR) is 73.0 cm³/mol. The second-order valence-electron chi connectivity index (χ2n) is 5.85. The highest BCUT2D eigenvalue weighted by molar-refractivity contribution is 7.89. The molecule has 0 aliphatic carbocycles. The van der Waals surface area contributed by atoms with Gasteiger partial charge >= 0.3 is 0 Å². The predicted octanol–water partition coefficient (Wildman–Crippen LogP) is 0.741. The standard InChI is InChI=1S/C12H23N3O3S/c1-9(2)11(16)12(3,4)8-14-19(17,18)10-6-13-15(5)7-10/h6-7,9,11,14,16H,8H2,1-5H3. The molecule has 0 aliphatic rings. The fourth-order valence-corrected chi connectivity index (χ4v) is 3.11. The van der Waals surface area contributed by atoms with Crippen molar-refractivity contribution in [3.63, 3.8) is 0 Å². The number of aryl methyl sites for hydroxylation is 1. The monoisotopic (exact) mass is 289 g/mol. The minimum absolute atomic E-state index is 0.0675. The van der Waals surface area contributed by atoms with E-state index >= 15 is 0 Å². The zero-order valence-electron chi connectivity index (χ0n) is 12.1. The smallest absolute Gasteiger partial charge is 0.243 e. The molecule has 0 aromatic carbocycles. The summed E-state index contributed by atoms with van der Waals surface area (Å²) in [5.41, 5.74) is -0.538. The van der Waals surface area contributed by atoms with Crippen molar-refractivity contribution in [2.45, 2.75) is 38.7 Å². The lowest BCUT2D eigenvalue weighted by Gasteiger charge is -2.33. The van der Waals surface area contributed by atoms with Crippen LogP contribution in [0.25, 0.3) is 0 Å². The van der Waals surface area contributed by atoms with E-state index in [-0.39, 0.29) is 17.4 Å². The third-order valence-electron chi connectivity index (χ3n) is 3.14. The van der Waals surface area contributed by atoms with Gasteiger partial charge in [-0.1, -0.05) is 27.7 Å². The van der Waals surface area contributed by atoms with E-state index in [1.165, 1.54) is 17.1 Å². The molecule has 2 N–H and O–H groups in total. The maximum absolute atomic E-state index is 12.0. The van der Waals surface area contributed by atoms with Gasteiger partial charge in [0.2, 0.25) is 10.0 Å². The van der Waals surface area contributed by atoms with Crippen LogP contribution < -0.4 is 4.72 Å². The van der Waals surface area contributed by atoms with Crippen LogP contribution >= 0.6 is 0 Å². The Morgan fingerprint density at radius 1 is 1.47 bits per heavy atom. The highest BCUT2D eigenvalue weighted by Gasteiger charge is 2.31. The second-order valence-corrected chi connectivity index (χ2v) is 7.62. The maximum Gasteiger partial charge on any atom is 0.243 e. The van der Waals surface area contributed by atoms with Crippen molar-refractivity contribution in [2.75, 3.05) is 6.54 Å². The van der Waals surface area contributed by atoms with E-state index in [1.54, 1.807) is 7.05 Å². The van der Waals surface area contributed by atoms with Crippen LogP contribution in [0, 0.1) is 11.3 Å². The third-order valence-corrected chi connectivity index (χ3v) is 4.50. The van der Waals surface area contributed by atoms with Gasteiger partial charge < -0.3 is 5.11 Å². The Bertz CT molecular complexity index is 520. The molecule has 1 aromatic rings. The molecular formula is C12H23N3O3S. The zero-order chi connectivity index (χ0) is 14.8. The molecule has 0 amide bonds. The molecule has 0 spiro atoms. The summed E-state index contributed by atoms with van der Waals surface area (Å²) in [6.07, 6.45) is 2.16. The number of aliphatic hydroxyl groups is 1. The SMILES string of the molecule is CC(C)C(O)C(C)(C)CNS(=O)(=O)c1cnn(C)c1. The maximum atomic E-state index is 12.0. The summed E-state index contributed by atoms with van der Waals surface area (Å²) in [6, 6.07) is 0. The molecular weight excluding hydrogens is 266 g/mol. The fourth-order valence-electron chi connectivity index (χ4n) is 1.91. The van der Waals surface area contributed by atoms with Crippen molar-refractivity contribution in [2.24, 2.45) is 18.4 Å². The Balaban J connectivity index is 2.76. The molecule has 0 saturated heterocycles. The highest BCUT2D eigenvalue weighted by atomic mass is 32.2. The number of sulfonamides is 1. The van der Waals surface area contributed by atoms with Crippen molar-refractivity contribution in [3.8, 4) is 0 Å². The number of aliphatic hydroxyl groups excluding tert-OH is 1. The topological polar surface area (TPSA) is 84.2 Å². The van der Waals surface area contributed by atoms with Crippen molar-refractivity contribution >= 4 is 10.0 Å². The van der Waals surface area contributed by atoms with Crippen molar-refractivity contribution in [3.05, 3.63) is 12.4 Å². The van der Waals surface area contributed by atoms with Gasteiger partial charge in [-0.05, 0) is 5.92 Å². The van der Waals surface area contributed by atoms with Gasteiger partial charge in [0.1, 0.15) is 4.90 Å². The molecule has 0 radical (unpaired) electrons. The van der Waals surface area contributed by atoms with E-state index in [2.05, 4.69) is 9.82 Å². The average Bonchev–Trinajstić information content (AvgIpc) is 2.73. The number of aromatic nitrogens is 2. The Hall–Kier alpha value is -0.920. The molecule has 19 heavy (non-hydrogen) atoms. The first kappa shape index (κ1) is 16.1. The van der Waals surface area contributed by atoms with E-state index in [0.29, 0.717) is 0 Å². The van der Waals surface area contributed by atoms with E-state index in [1.807, 2.05) is 27.7 Å². The molecule has 0 bridgehead atoms. The Labute approximate surface area is 114 Å². The lowest BCUT2D eigenvalue weighted by atomic mass is 9.81. The summed E-state index contributed by atoms with van der Waals surface area (Å²) in [5, 5.41) is 13.9. The van der Waals surface area contributed by atoms with Gasteiger partial charge in [-0.15, -0.1) is 0 Å². The number of hydrogen-bond donors (Lipinski definition) is 2. The molecule has 1 rings (SSSR count). The van der Waals surface area contributed by atoms with Crippen LogP contribution in [0.5, 0.6) is 0 Å². The molecule has 1 atom stereocenters. The summed E-state index contributed by atoms with van der Waals surface area (Å²) in [6.45, 7) is 7.65. The first-order valence-electron chi connectivity index (χ1n) is 6.22. The van der Waals surface area contributed by atoms with E-state index in [9.17, 15) is 13.5 Å². The van der Waals surface area contributed by atoms with E-state index in [4.69, 9.17) is 0 Å². The fraction of sp³-hybridized carbons (Fsp3) is 0.750. The Kier molecular flexibility index (Phi) is 4.76. The number of nitrogens with one attached hydrogen (secondary N) is 1. The number of rotatable bonds is 6. The van der Waals surface area contributed by atoms with Gasteiger partial charge in [-0.2, -0.15) is 5.10 Å². The summed E-state index contributed by atoms with van der Waals surface area (Å²) in [5.74, 6) is 0.0675. The van der Waals surface area contributed by atoms with Gasteiger partial charge in [0, 0.05) is 25.2 Å². The quantitative estimate of drug-likeness (QED) is 0.809. The van der Waals surface area contributed by atoms with Gasteiger partial charge in [-0.3, -0.25) is 4.68 Å². The van der Waals surface area contributed by atoms with Crippen molar-refractivity contribution < 1.29 is 13.5 Å². The molecule has 0 fully saturated rings. The summed E-state index contributed by atoms with van der Waals surface area (Å²) in [4.78, 5) is 0.129. The largest absolute Gasteiger partial charge is 0.392 e. The molecule has 1 heterocycles. The molecule has 110 valence electrons. The molecule has 1 unspecified atom stereocenters. The number of hydrogen-bond acceptors (Lipinski definition) is 4. The lowest BCUT2D eigenvalue weighted by Crippen LogP contribution is -2.43. The van der Waals surface area contributed by atoms with Crippen LogP contribution in [-0.2, 0) is 17.1 Å². The van der Waals surface area contributed by atoms with Gasteiger partial charge in [0.25, 0.3) is 0 Å². The summed E-state index contributed by atoms with van der Waals surface area (Å²) < 4.78 is 28.0. The first-order chi connectivity index (χ1) is 8.56. The summed E-state index contributed by atoms with van der Waals surface area (Å²) in [7, 11) is -1.92. The molecule has 0 saturated carbocycles. The average molecular weight is 289 g/mol. The summed E-state index contributed by atoms with van der Waals surface area (Å²) >= 11 is 0. The Morgan fingerprint density at radius 2 is 2.05 bits per heavy atom. The van der Waals surface area contributed by atoms with Gasteiger partial charge in [-0.25, -0.2) is 13.1 Å². The van der Waals surface area contributed by atoms with Crippen LogP contribution in [0.15, 0.2) is 17.3 Å². The van der Waals surface area contributed by atoms with Crippen LogP contribution in [0.2, 0.25) is 0 Å². The Morgan fingerprint density at radius 3 is 2.47 bits per heavy atom. The van der Waals surface area contributed by atoms with Crippen molar-refractivity contribution in [1.29, 1.82) is 0 Å². The zero-order valence-corrected chi connectivity index (χ0v) is 12.9. The van der Waals surface area contributed by atoms with Crippen LogP contribution in [0.4, 0.5) is 0 Å². The second kappa shape index (κ2) is 5.60. The van der Waals surface area contributed by atoms with Crippen LogP contribution in [0.3, 0.4) is 0 Å². The third kappa shape index (κ3) is 4.02. The van der Waals surface area contributed by atoms with E-state index in [0.717, 1.165) is 0 Å². The lowest BCUT2D eigenvalue weighted by molar-refractivity contribution is 0.0166.